The second-order valence-corrected chi connectivity index (χ2v) is 6.01. The van der Waals surface area contributed by atoms with Crippen LogP contribution in [0.2, 0.25) is 0 Å². The molecule has 1 aliphatic heterocycles. The van der Waals surface area contributed by atoms with Crippen LogP contribution >= 0.6 is 0 Å². The molecule has 7 nitrogen and oxygen atoms in total. The van der Waals surface area contributed by atoms with Crippen molar-refractivity contribution < 1.29 is 9.53 Å². The van der Waals surface area contributed by atoms with Gasteiger partial charge >= 0.3 is 0 Å². The van der Waals surface area contributed by atoms with Crippen LogP contribution in [0.3, 0.4) is 0 Å². The maximum absolute atomic E-state index is 12.6. The molecule has 0 saturated carbocycles. The van der Waals surface area contributed by atoms with Gasteiger partial charge in [0.1, 0.15) is 11.9 Å². The topological polar surface area (TPSA) is 74.0 Å². The Morgan fingerprint density at radius 3 is 3.09 bits per heavy atom. The van der Waals surface area contributed by atoms with Crippen molar-refractivity contribution >= 4 is 5.91 Å². The SMILES string of the molecule is Cc1cnn(CCNC(=O)[C@@H]2CCCO[C@H]2c2nccn2C)c1. The Balaban J connectivity index is 1.59. The average Bonchev–Trinajstić information content (AvgIpc) is 3.15. The second kappa shape index (κ2) is 6.95. The van der Waals surface area contributed by atoms with Gasteiger partial charge in [-0.05, 0) is 25.3 Å². The Morgan fingerprint density at radius 1 is 1.52 bits per heavy atom. The summed E-state index contributed by atoms with van der Waals surface area (Å²) in [6.07, 6.45) is 8.85. The molecule has 0 spiro atoms. The van der Waals surface area contributed by atoms with Gasteiger partial charge in [0, 0.05) is 38.8 Å². The largest absolute Gasteiger partial charge is 0.369 e. The number of carbonyl (C=O) groups excluding carboxylic acids is 1. The highest BCUT2D eigenvalue weighted by Gasteiger charge is 2.35. The van der Waals surface area contributed by atoms with Crippen LogP contribution in [0.5, 0.6) is 0 Å². The van der Waals surface area contributed by atoms with Crippen molar-refractivity contribution in [3.8, 4) is 0 Å². The van der Waals surface area contributed by atoms with Gasteiger partial charge in [0.15, 0.2) is 0 Å². The van der Waals surface area contributed by atoms with E-state index >= 15 is 0 Å². The van der Waals surface area contributed by atoms with Crippen LogP contribution < -0.4 is 5.32 Å². The zero-order valence-corrected chi connectivity index (χ0v) is 13.6. The quantitative estimate of drug-likeness (QED) is 0.899. The normalized spacial score (nSPS) is 21.3. The summed E-state index contributed by atoms with van der Waals surface area (Å²) < 4.78 is 9.60. The van der Waals surface area contributed by atoms with Crippen LogP contribution in [0.25, 0.3) is 0 Å². The lowest BCUT2D eigenvalue weighted by Gasteiger charge is -2.30. The number of nitrogens with zero attached hydrogens (tertiary/aromatic N) is 4. The molecule has 23 heavy (non-hydrogen) atoms. The lowest BCUT2D eigenvalue weighted by Crippen LogP contribution is -2.39. The van der Waals surface area contributed by atoms with E-state index < -0.39 is 0 Å². The Morgan fingerprint density at radius 2 is 2.39 bits per heavy atom. The molecule has 7 heteroatoms. The number of ether oxygens (including phenoxy) is 1. The van der Waals surface area contributed by atoms with Gasteiger partial charge in [0.2, 0.25) is 5.91 Å². The zero-order chi connectivity index (χ0) is 16.2. The Labute approximate surface area is 135 Å². The fourth-order valence-electron chi connectivity index (χ4n) is 2.97. The van der Waals surface area contributed by atoms with Crippen LogP contribution in [-0.4, -0.2) is 38.4 Å². The van der Waals surface area contributed by atoms with Gasteiger partial charge < -0.3 is 14.6 Å². The molecule has 2 atom stereocenters. The highest BCUT2D eigenvalue weighted by molar-refractivity contribution is 5.79. The van der Waals surface area contributed by atoms with Crippen molar-refractivity contribution in [2.75, 3.05) is 13.2 Å². The number of rotatable bonds is 5. The van der Waals surface area contributed by atoms with Crippen molar-refractivity contribution in [3.63, 3.8) is 0 Å². The van der Waals surface area contributed by atoms with Crippen LogP contribution in [0, 0.1) is 12.8 Å². The summed E-state index contributed by atoms with van der Waals surface area (Å²) in [5.74, 6) is 0.651. The third-order valence-electron chi connectivity index (χ3n) is 4.17. The van der Waals surface area contributed by atoms with E-state index in [4.69, 9.17) is 4.74 Å². The molecule has 1 aliphatic rings. The molecule has 0 unspecified atom stereocenters. The summed E-state index contributed by atoms with van der Waals surface area (Å²) in [5, 5.41) is 7.22. The van der Waals surface area contributed by atoms with Gasteiger partial charge in [0.05, 0.1) is 18.7 Å². The van der Waals surface area contributed by atoms with Gasteiger partial charge in [-0.25, -0.2) is 4.98 Å². The molecule has 0 bridgehead atoms. The minimum Gasteiger partial charge on any atom is -0.369 e. The van der Waals surface area contributed by atoms with E-state index in [1.807, 2.05) is 41.8 Å². The minimum atomic E-state index is -0.268. The first-order valence-electron chi connectivity index (χ1n) is 8.01. The van der Waals surface area contributed by atoms with E-state index in [1.165, 1.54) is 0 Å². The summed E-state index contributed by atoms with van der Waals surface area (Å²) in [7, 11) is 1.93. The molecule has 0 radical (unpaired) electrons. The molecular weight excluding hydrogens is 294 g/mol. The van der Waals surface area contributed by atoms with Crippen molar-refractivity contribution in [2.45, 2.75) is 32.4 Å². The maximum Gasteiger partial charge on any atom is 0.226 e. The molecule has 1 fully saturated rings. The van der Waals surface area contributed by atoms with E-state index in [0.717, 1.165) is 24.2 Å². The number of aryl methyl sites for hydroxylation is 2. The van der Waals surface area contributed by atoms with E-state index in [1.54, 1.807) is 6.20 Å². The average molecular weight is 317 g/mol. The molecule has 2 aromatic heterocycles. The van der Waals surface area contributed by atoms with Gasteiger partial charge in [-0.2, -0.15) is 5.10 Å². The highest BCUT2D eigenvalue weighted by Crippen LogP contribution is 2.32. The van der Waals surface area contributed by atoms with Gasteiger partial charge in [0.25, 0.3) is 0 Å². The van der Waals surface area contributed by atoms with Crippen LogP contribution in [0.4, 0.5) is 0 Å². The van der Waals surface area contributed by atoms with E-state index in [-0.39, 0.29) is 17.9 Å². The van der Waals surface area contributed by atoms with Gasteiger partial charge in [-0.15, -0.1) is 0 Å². The van der Waals surface area contributed by atoms with Crippen molar-refractivity contribution in [2.24, 2.45) is 13.0 Å². The second-order valence-electron chi connectivity index (χ2n) is 6.01. The fourth-order valence-corrected chi connectivity index (χ4v) is 2.97. The number of hydrogen-bond acceptors (Lipinski definition) is 4. The van der Waals surface area contributed by atoms with Crippen molar-refractivity contribution in [3.05, 3.63) is 36.2 Å². The summed E-state index contributed by atoms with van der Waals surface area (Å²) in [6.45, 7) is 3.90. The molecule has 0 aromatic carbocycles. The third-order valence-corrected chi connectivity index (χ3v) is 4.17. The summed E-state index contributed by atoms with van der Waals surface area (Å²) in [5.41, 5.74) is 1.12. The number of aromatic nitrogens is 4. The molecule has 124 valence electrons. The summed E-state index contributed by atoms with van der Waals surface area (Å²) >= 11 is 0. The van der Waals surface area contributed by atoms with E-state index in [0.29, 0.717) is 19.7 Å². The monoisotopic (exact) mass is 317 g/mol. The fraction of sp³-hybridized carbons (Fsp3) is 0.562. The number of amides is 1. The number of nitrogens with one attached hydrogen (secondary N) is 1. The first-order chi connectivity index (χ1) is 11.1. The van der Waals surface area contributed by atoms with E-state index in [9.17, 15) is 4.79 Å². The minimum absolute atomic E-state index is 0.0292. The molecule has 1 saturated heterocycles. The summed E-state index contributed by atoms with van der Waals surface area (Å²) in [6, 6.07) is 0. The first kappa shape index (κ1) is 15.7. The van der Waals surface area contributed by atoms with Crippen molar-refractivity contribution in [1.82, 2.24) is 24.6 Å². The predicted molar refractivity (Wildman–Crippen MR) is 84.6 cm³/mol. The van der Waals surface area contributed by atoms with Crippen molar-refractivity contribution in [1.29, 1.82) is 0 Å². The maximum atomic E-state index is 12.6. The molecule has 1 amide bonds. The molecule has 3 rings (SSSR count). The number of carbonyl (C=O) groups is 1. The van der Waals surface area contributed by atoms with Gasteiger partial charge in [-0.3, -0.25) is 9.48 Å². The third kappa shape index (κ3) is 3.61. The number of imidazole rings is 1. The molecule has 3 heterocycles. The van der Waals surface area contributed by atoms with Crippen LogP contribution in [0.1, 0.15) is 30.3 Å². The van der Waals surface area contributed by atoms with Gasteiger partial charge in [-0.1, -0.05) is 0 Å². The highest BCUT2D eigenvalue weighted by atomic mass is 16.5. The standard InChI is InChI=1S/C16H23N5O2/c1-12-10-19-21(11-12)8-6-18-16(22)13-4-3-9-23-14(13)15-17-5-7-20(15)2/h5,7,10-11,13-14H,3-4,6,8-9H2,1-2H3,(H,18,22)/t13-,14-/m1/s1. The van der Waals surface area contributed by atoms with Crippen LogP contribution in [-0.2, 0) is 23.1 Å². The smallest absolute Gasteiger partial charge is 0.226 e. The molecule has 0 aliphatic carbocycles. The predicted octanol–water partition coefficient (Wildman–Crippen LogP) is 1.21. The molecule has 2 aromatic rings. The first-order valence-corrected chi connectivity index (χ1v) is 8.01. The Bertz CT molecular complexity index is 663. The Kier molecular flexibility index (Phi) is 4.76. The molecule has 1 N–H and O–H groups in total. The molecular formula is C16H23N5O2. The van der Waals surface area contributed by atoms with E-state index in [2.05, 4.69) is 15.4 Å². The number of hydrogen-bond donors (Lipinski definition) is 1. The lowest BCUT2D eigenvalue weighted by molar-refractivity contribution is -0.135. The Hall–Kier alpha value is -2.15. The zero-order valence-electron chi connectivity index (χ0n) is 13.6. The summed E-state index contributed by atoms with van der Waals surface area (Å²) in [4.78, 5) is 16.9. The lowest BCUT2D eigenvalue weighted by atomic mass is 9.92. The van der Waals surface area contributed by atoms with Crippen LogP contribution in [0.15, 0.2) is 24.8 Å².